The monoisotopic (exact) mass is 294 g/mol. The molecule has 4 rings (SSSR count). The van der Waals surface area contributed by atoms with Gasteiger partial charge in [-0.2, -0.15) is 0 Å². The van der Waals surface area contributed by atoms with Crippen molar-refractivity contribution in [3.05, 3.63) is 0 Å². The van der Waals surface area contributed by atoms with Crippen LogP contribution in [0.5, 0.6) is 0 Å². The SMILES string of the molecule is CC(OC1CC(C)(C)CC2OC12C)C1CCC2(C)OC2C1. The second-order valence-corrected chi connectivity index (χ2v) is 9.15. The van der Waals surface area contributed by atoms with Gasteiger partial charge in [0.1, 0.15) is 5.60 Å². The molecule has 2 heterocycles. The first kappa shape index (κ1) is 14.5. The third kappa shape index (κ3) is 2.36. The first-order chi connectivity index (χ1) is 9.72. The molecule has 0 amide bonds. The van der Waals surface area contributed by atoms with Gasteiger partial charge >= 0.3 is 0 Å². The van der Waals surface area contributed by atoms with Gasteiger partial charge in [-0.25, -0.2) is 0 Å². The zero-order valence-corrected chi connectivity index (χ0v) is 14.1. The minimum atomic E-state index is -0.0109. The fraction of sp³-hybridized carbons (Fsp3) is 1.00. The minimum Gasteiger partial charge on any atom is -0.372 e. The molecule has 21 heavy (non-hydrogen) atoms. The summed E-state index contributed by atoms with van der Waals surface area (Å²) in [5, 5.41) is 0. The van der Waals surface area contributed by atoms with Gasteiger partial charge in [0.25, 0.3) is 0 Å². The Hall–Kier alpha value is -0.120. The van der Waals surface area contributed by atoms with E-state index in [2.05, 4.69) is 34.6 Å². The summed E-state index contributed by atoms with van der Waals surface area (Å²) in [4.78, 5) is 0. The molecular weight excluding hydrogens is 264 g/mol. The van der Waals surface area contributed by atoms with Crippen LogP contribution in [-0.4, -0.2) is 35.6 Å². The first-order valence-corrected chi connectivity index (χ1v) is 8.73. The molecule has 3 nitrogen and oxygen atoms in total. The molecule has 0 spiro atoms. The molecule has 0 bridgehead atoms. The van der Waals surface area contributed by atoms with Gasteiger partial charge < -0.3 is 14.2 Å². The van der Waals surface area contributed by atoms with Gasteiger partial charge in [0.05, 0.1) is 30.0 Å². The Bertz CT molecular complexity index is 448. The van der Waals surface area contributed by atoms with E-state index in [-0.39, 0.29) is 17.3 Å². The van der Waals surface area contributed by atoms with E-state index in [0.717, 1.165) is 6.42 Å². The maximum atomic E-state index is 6.54. The van der Waals surface area contributed by atoms with Crippen molar-refractivity contribution in [2.75, 3.05) is 0 Å². The quantitative estimate of drug-likeness (QED) is 0.744. The maximum absolute atomic E-state index is 6.54. The van der Waals surface area contributed by atoms with Crippen LogP contribution in [-0.2, 0) is 14.2 Å². The molecule has 7 unspecified atom stereocenters. The van der Waals surface area contributed by atoms with Crippen LogP contribution in [0.25, 0.3) is 0 Å². The summed E-state index contributed by atoms with van der Waals surface area (Å²) in [6.45, 7) is 11.5. The summed E-state index contributed by atoms with van der Waals surface area (Å²) in [6.07, 6.45) is 7.40. The lowest BCUT2D eigenvalue weighted by Gasteiger charge is -2.39. The van der Waals surface area contributed by atoms with Crippen LogP contribution in [0.15, 0.2) is 0 Å². The number of rotatable bonds is 3. The topological polar surface area (TPSA) is 34.3 Å². The summed E-state index contributed by atoms with van der Waals surface area (Å²) in [7, 11) is 0. The Balaban J connectivity index is 1.39. The molecule has 0 aromatic carbocycles. The molecule has 0 radical (unpaired) electrons. The molecule has 2 saturated heterocycles. The van der Waals surface area contributed by atoms with Crippen LogP contribution >= 0.6 is 0 Å². The van der Waals surface area contributed by atoms with E-state index in [1.807, 2.05) is 0 Å². The first-order valence-electron chi connectivity index (χ1n) is 8.73. The molecule has 4 fully saturated rings. The smallest absolute Gasteiger partial charge is 0.118 e. The molecule has 2 aliphatic heterocycles. The number of hydrogen-bond donors (Lipinski definition) is 0. The van der Waals surface area contributed by atoms with E-state index >= 15 is 0 Å². The van der Waals surface area contributed by atoms with Crippen molar-refractivity contribution in [3.8, 4) is 0 Å². The van der Waals surface area contributed by atoms with Gasteiger partial charge in [-0.3, -0.25) is 0 Å². The zero-order chi connectivity index (χ0) is 15.0. The standard InChI is InChI=1S/C18H30O3/c1-11(12-6-7-17(4)13(8-12)20-17)19-14-9-16(2,3)10-15-18(14,5)21-15/h11-15H,6-10H2,1-5H3. The number of epoxide rings is 2. The normalized spacial score (nSPS) is 55.3. The van der Waals surface area contributed by atoms with Crippen LogP contribution in [0.3, 0.4) is 0 Å². The summed E-state index contributed by atoms with van der Waals surface area (Å²) in [6, 6.07) is 0. The van der Waals surface area contributed by atoms with Crippen molar-refractivity contribution in [2.45, 2.75) is 102 Å². The second kappa shape index (κ2) is 4.24. The van der Waals surface area contributed by atoms with E-state index in [0.29, 0.717) is 29.6 Å². The van der Waals surface area contributed by atoms with Crippen molar-refractivity contribution in [1.82, 2.24) is 0 Å². The van der Waals surface area contributed by atoms with Crippen LogP contribution in [0.1, 0.15) is 66.7 Å². The lowest BCUT2D eigenvalue weighted by molar-refractivity contribution is -0.0907. The molecule has 0 aromatic heterocycles. The van der Waals surface area contributed by atoms with Gasteiger partial charge in [0, 0.05) is 0 Å². The van der Waals surface area contributed by atoms with Gasteiger partial charge in [0.15, 0.2) is 0 Å². The largest absolute Gasteiger partial charge is 0.372 e. The predicted octanol–water partition coefficient (Wildman–Crippen LogP) is 3.70. The molecular formula is C18H30O3. The fourth-order valence-corrected chi connectivity index (χ4v) is 4.74. The van der Waals surface area contributed by atoms with Gasteiger partial charge in [-0.1, -0.05) is 13.8 Å². The minimum absolute atomic E-state index is 0.0109. The average Bonchev–Trinajstić information content (AvgIpc) is 3.22. The van der Waals surface area contributed by atoms with E-state index < -0.39 is 0 Å². The Morgan fingerprint density at radius 2 is 1.81 bits per heavy atom. The summed E-state index contributed by atoms with van der Waals surface area (Å²) in [5.41, 5.74) is 0.540. The lowest BCUT2D eigenvalue weighted by Crippen LogP contribution is -2.44. The number of fused-ring (bicyclic) bond motifs is 2. The van der Waals surface area contributed by atoms with Crippen LogP contribution in [0.2, 0.25) is 0 Å². The zero-order valence-electron chi connectivity index (χ0n) is 14.1. The van der Waals surface area contributed by atoms with Crippen LogP contribution in [0, 0.1) is 11.3 Å². The lowest BCUT2D eigenvalue weighted by atomic mass is 9.72. The molecule has 120 valence electrons. The van der Waals surface area contributed by atoms with Crippen LogP contribution < -0.4 is 0 Å². The Morgan fingerprint density at radius 3 is 2.52 bits per heavy atom. The third-order valence-electron chi connectivity index (χ3n) is 6.70. The highest BCUT2D eigenvalue weighted by molar-refractivity contribution is 5.12. The van der Waals surface area contributed by atoms with E-state index in [1.165, 1.54) is 25.7 Å². The summed E-state index contributed by atoms with van der Waals surface area (Å²) < 4.78 is 18.4. The number of ether oxygens (including phenoxy) is 3. The molecule has 0 N–H and O–H groups in total. The highest BCUT2D eigenvalue weighted by Gasteiger charge is 2.64. The Kier molecular flexibility index (Phi) is 2.92. The molecule has 2 saturated carbocycles. The molecule has 0 aromatic rings. The van der Waals surface area contributed by atoms with E-state index in [1.54, 1.807) is 0 Å². The van der Waals surface area contributed by atoms with Gasteiger partial charge in [0.2, 0.25) is 0 Å². The Morgan fingerprint density at radius 1 is 1.05 bits per heavy atom. The molecule has 7 atom stereocenters. The highest BCUT2D eigenvalue weighted by Crippen LogP contribution is 2.56. The van der Waals surface area contributed by atoms with Crippen molar-refractivity contribution in [1.29, 1.82) is 0 Å². The van der Waals surface area contributed by atoms with Crippen molar-refractivity contribution in [2.24, 2.45) is 11.3 Å². The van der Waals surface area contributed by atoms with Crippen molar-refractivity contribution < 1.29 is 14.2 Å². The fourth-order valence-electron chi connectivity index (χ4n) is 4.74. The molecule has 3 heteroatoms. The molecule has 4 aliphatic rings. The third-order valence-corrected chi connectivity index (χ3v) is 6.70. The van der Waals surface area contributed by atoms with E-state index in [9.17, 15) is 0 Å². The Labute approximate surface area is 128 Å². The summed E-state index contributed by atoms with van der Waals surface area (Å²) in [5.74, 6) is 0.649. The second-order valence-electron chi connectivity index (χ2n) is 9.15. The van der Waals surface area contributed by atoms with Crippen molar-refractivity contribution in [3.63, 3.8) is 0 Å². The van der Waals surface area contributed by atoms with Gasteiger partial charge in [-0.15, -0.1) is 0 Å². The maximum Gasteiger partial charge on any atom is 0.118 e. The van der Waals surface area contributed by atoms with Crippen LogP contribution in [0.4, 0.5) is 0 Å². The predicted molar refractivity (Wildman–Crippen MR) is 81.2 cm³/mol. The number of hydrogen-bond acceptors (Lipinski definition) is 3. The van der Waals surface area contributed by atoms with Gasteiger partial charge in [-0.05, 0) is 64.2 Å². The van der Waals surface area contributed by atoms with Crippen molar-refractivity contribution >= 4 is 0 Å². The van der Waals surface area contributed by atoms with E-state index in [4.69, 9.17) is 14.2 Å². The molecule has 2 aliphatic carbocycles. The summed E-state index contributed by atoms with van der Waals surface area (Å²) >= 11 is 0. The highest BCUT2D eigenvalue weighted by atomic mass is 16.6. The average molecular weight is 294 g/mol.